The van der Waals surface area contributed by atoms with Crippen molar-refractivity contribution in [2.45, 2.75) is 27.4 Å². The molecule has 4 rings (SSSR count). The van der Waals surface area contributed by atoms with Gasteiger partial charge < -0.3 is 14.8 Å². The van der Waals surface area contributed by atoms with Crippen molar-refractivity contribution < 1.29 is 14.3 Å². The zero-order chi connectivity index (χ0) is 26.4. The Bertz CT molecular complexity index is 1540. The Kier molecular flexibility index (Phi) is 8.27. The molecule has 1 amide bonds. The van der Waals surface area contributed by atoms with E-state index in [1.807, 2.05) is 63.2 Å². The summed E-state index contributed by atoms with van der Waals surface area (Å²) in [5.74, 6) is 0.625. The lowest BCUT2D eigenvalue weighted by molar-refractivity contribution is -0.112. The Hall–Kier alpha value is -4.08. The Balaban J connectivity index is 1.57. The molecule has 0 fully saturated rings. The molecule has 1 N–H and O–H groups in total. The Labute approximate surface area is 225 Å². The number of halogens is 1. The molecule has 0 aliphatic heterocycles. The first-order valence-corrected chi connectivity index (χ1v) is 12.7. The summed E-state index contributed by atoms with van der Waals surface area (Å²) in [6, 6.07) is 25.7. The highest BCUT2D eigenvalue weighted by Gasteiger charge is 2.15. The predicted octanol–water partition coefficient (Wildman–Crippen LogP) is 7.74. The van der Waals surface area contributed by atoms with Crippen molar-refractivity contribution in [2.75, 3.05) is 11.9 Å². The highest BCUT2D eigenvalue weighted by Crippen LogP contribution is 2.36. The minimum Gasteiger partial charge on any atom is -0.490 e. The van der Waals surface area contributed by atoms with E-state index in [1.165, 1.54) is 5.39 Å². The van der Waals surface area contributed by atoms with Crippen molar-refractivity contribution in [3.8, 4) is 17.6 Å². The number of nitrogens with one attached hydrogen (secondary N) is 1. The Morgan fingerprint density at radius 1 is 0.973 bits per heavy atom. The minimum absolute atomic E-state index is 0.0195. The molecule has 4 aromatic rings. The topological polar surface area (TPSA) is 71.3 Å². The van der Waals surface area contributed by atoms with Crippen LogP contribution in [0, 0.1) is 25.2 Å². The number of amides is 1. The third-order valence-electron chi connectivity index (χ3n) is 6.09. The summed E-state index contributed by atoms with van der Waals surface area (Å²) < 4.78 is 12.6. The number of anilines is 1. The van der Waals surface area contributed by atoms with E-state index in [0.29, 0.717) is 40.4 Å². The summed E-state index contributed by atoms with van der Waals surface area (Å²) in [6.45, 7) is 6.61. The van der Waals surface area contributed by atoms with E-state index >= 15 is 0 Å². The Morgan fingerprint density at radius 3 is 2.49 bits per heavy atom. The van der Waals surface area contributed by atoms with Crippen molar-refractivity contribution in [3.05, 3.63) is 105 Å². The first-order chi connectivity index (χ1) is 17.9. The number of nitriles is 1. The van der Waals surface area contributed by atoms with E-state index in [9.17, 15) is 10.1 Å². The average Bonchev–Trinajstić information content (AvgIpc) is 2.90. The van der Waals surface area contributed by atoms with E-state index in [1.54, 1.807) is 18.2 Å². The summed E-state index contributed by atoms with van der Waals surface area (Å²) in [6.07, 6.45) is 1.54. The van der Waals surface area contributed by atoms with Crippen LogP contribution < -0.4 is 14.8 Å². The minimum atomic E-state index is -0.474. The van der Waals surface area contributed by atoms with Gasteiger partial charge in [-0.3, -0.25) is 4.79 Å². The molecule has 0 unspecified atom stereocenters. The van der Waals surface area contributed by atoms with Crippen molar-refractivity contribution in [1.82, 2.24) is 0 Å². The van der Waals surface area contributed by atoms with Gasteiger partial charge in [0.15, 0.2) is 11.5 Å². The van der Waals surface area contributed by atoms with Crippen molar-refractivity contribution >= 4 is 44.4 Å². The normalized spacial score (nSPS) is 11.2. The van der Waals surface area contributed by atoms with E-state index in [-0.39, 0.29) is 5.57 Å². The van der Waals surface area contributed by atoms with Gasteiger partial charge in [0.1, 0.15) is 18.2 Å². The molecule has 4 aromatic carbocycles. The number of carbonyl (C=O) groups excluding carboxylic acids is 1. The lowest BCUT2D eigenvalue weighted by Crippen LogP contribution is -2.14. The molecule has 0 spiro atoms. The molecule has 0 bridgehead atoms. The van der Waals surface area contributed by atoms with Crippen LogP contribution in [0.5, 0.6) is 11.5 Å². The molecule has 0 saturated carbocycles. The van der Waals surface area contributed by atoms with Crippen molar-refractivity contribution in [1.29, 1.82) is 5.26 Å². The largest absolute Gasteiger partial charge is 0.490 e. The lowest BCUT2D eigenvalue weighted by atomic mass is 10.1. The van der Waals surface area contributed by atoms with Crippen molar-refractivity contribution in [3.63, 3.8) is 0 Å². The van der Waals surface area contributed by atoms with Gasteiger partial charge in [0.05, 0.1) is 6.61 Å². The highest BCUT2D eigenvalue weighted by molar-refractivity contribution is 9.10. The van der Waals surface area contributed by atoms with Gasteiger partial charge in [0.25, 0.3) is 5.91 Å². The standard InChI is InChI=1S/C31H27BrN2O3/c1-4-36-29-16-25(15-26(18-33)31(35)34-28-11-7-8-20(2)21(28)3)27(32)17-30(29)37-19-22-12-13-23-9-5-6-10-24(23)14-22/h5-17H,4,19H2,1-3H3,(H,34,35)/b26-15+. The van der Waals surface area contributed by atoms with Crippen LogP contribution in [-0.4, -0.2) is 12.5 Å². The number of carbonyl (C=O) groups is 1. The maximum Gasteiger partial charge on any atom is 0.266 e. The molecule has 0 aliphatic carbocycles. The molecule has 0 atom stereocenters. The number of ether oxygens (including phenoxy) is 2. The number of nitrogens with zero attached hydrogens (tertiary/aromatic N) is 1. The molecule has 6 heteroatoms. The SMILES string of the molecule is CCOc1cc(/C=C(\C#N)C(=O)Nc2cccc(C)c2C)c(Br)cc1OCc1ccc2ccccc2c1. The first-order valence-electron chi connectivity index (χ1n) is 12.0. The van der Waals surface area contributed by atoms with Gasteiger partial charge in [0, 0.05) is 10.2 Å². The summed E-state index contributed by atoms with van der Waals surface area (Å²) in [5.41, 5.74) is 4.35. The fourth-order valence-electron chi connectivity index (χ4n) is 3.91. The van der Waals surface area contributed by atoms with E-state index in [4.69, 9.17) is 9.47 Å². The second kappa shape index (κ2) is 11.8. The van der Waals surface area contributed by atoms with Gasteiger partial charge in [0.2, 0.25) is 0 Å². The van der Waals surface area contributed by atoms with Gasteiger partial charge >= 0.3 is 0 Å². The first kappa shape index (κ1) is 26.0. The maximum atomic E-state index is 12.9. The average molecular weight is 555 g/mol. The smallest absolute Gasteiger partial charge is 0.266 e. The summed E-state index contributed by atoms with van der Waals surface area (Å²) in [7, 11) is 0. The quantitative estimate of drug-likeness (QED) is 0.178. The molecule has 0 heterocycles. The number of aryl methyl sites for hydroxylation is 1. The number of fused-ring (bicyclic) bond motifs is 1. The second-order valence-corrected chi connectivity index (χ2v) is 9.45. The molecule has 5 nitrogen and oxygen atoms in total. The number of hydrogen-bond donors (Lipinski definition) is 1. The Morgan fingerprint density at radius 2 is 1.73 bits per heavy atom. The number of rotatable bonds is 8. The van der Waals surface area contributed by atoms with Crippen molar-refractivity contribution in [2.24, 2.45) is 0 Å². The zero-order valence-electron chi connectivity index (χ0n) is 21.0. The van der Waals surface area contributed by atoms with Crippen LogP contribution >= 0.6 is 15.9 Å². The van der Waals surface area contributed by atoms with Crippen LogP contribution in [0.4, 0.5) is 5.69 Å². The maximum absolute atomic E-state index is 12.9. The second-order valence-electron chi connectivity index (χ2n) is 8.60. The molecule has 186 valence electrons. The highest BCUT2D eigenvalue weighted by atomic mass is 79.9. The van der Waals surface area contributed by atoms with Gasteiger partial charge in [-0.05, 0) is 84.1 Å². The van der Waals surface area contributed by atoms with Gasteiger partial charge in [-0.15, -0.1) is 0 Å². The molecule has 0 aliphatic rings. The third-order valence-corrected chi connectivity index (χ3v) is 6.78. The fourth-order valence-corrected chi connectivity index (χ4v) is 4.35. The van der Waals surface area contributed by atoms with E-state index < -0.39 is 5.91 Å². The summed E-state index contributed by atoms with van der Waals surface area (Å²) in [4.78, 5) is 12.9. The van der Waals surface area contributed by atoms with Crippen LogP contribution in [0.3, 0.4) is 0 Å². The molecule has 0 saturated heterocycles. The van der Waals surface area contributed by atoms with Crippen LogP contribution in [-0.2, 0) is 11.4 Å². The van der Waals surface area contributed by atoms with Gasteiger partial charge in [-0.1, -0.05) is 64.5 Å². The van der Waals surface area contributed by atoms with Crippen LogP contribution in [0.2, 0.25) is 0 Å². The predicted molar refractivity (Wildman–Crippen MR) is 152 cm³/mol. The van der Waals surface area contributed by atoms with Crippen LogP contribution in [0.1, 0.15) is 29.2 Å². The monoisotopic (exact) mass is 554 g/mol. The lowest BCUT2D eigenvalue weighted by Gasteiger charge is -2.15. The number of benzene rings is 4. The summed E-state index contributed by atoms with van der Waals surface area (Å²) >= 11 is 3.56. The van der Waals surface area contributed by atoms with Gasteiger partial charge in [-0.2, -0.15) is 5.26 Å². The molecule has 0 aromatic heterocycles. The van der Waals surface area contributed by atoms with Crippen LogP contribution in [0.25, 0.3) is 16.8 Å². The molecular formula is C31H27BrN2O3. The third kappa shape index (κ3) is 6.19. The van der Waals surface area contributed by atoms with Gasteiger partial charge in [-0.25, -0.2) is 0 Å². The van der Waals surface area contributed by atoms with Crippen LogP contribution in [0.15, 0.2) is 82.8 Å². The van der Waals surface area contributed by atoms with E-state index in [0.717, 1.165) is 22.1 Å². The molecule has 37 heavy (non-hydrogen) atoms. The molecular weight excluding hydrogens is 528 g/mol. The zero-order valence-corrected chi connectivity index (χ0v) is 22.6. The molecule has 0 radical (unpaired) electrons. The summed E-state index contributed by atoms with van der Waals surface area (Å²) in [5, 5.41) is 14.9. The number of hydrogen-bond acceptors (Lipinski definition) is 4. The van der Waals surface area contributed by atoms with E-state index in [2.05, 4.69) is 45.5 Å². The fraction of sp³-hybridized carbons (Fsp3) is 0.161.